The molecule has 0 amide bonds. The van der Waals surface area contributed by atoms with Crippen molar-refractivity contribution in [2.45, 2.75) is 25.2 Å². The molecule has 0 saturated heterocycles. The van der Waals surface area contributed by atoms with E-state index in [1.54, 1.807) is 23.6 Å². The maximum atomic E-state index is 6.22. The van der Waals surface area contributed by atoms with Gasteiger partial charge in [-0.1, -0.05) is 75.7 Å². The number of nitrogens with zero attached hydrogens (tertiary/aromatic N) is 4. The first kappa shape index (κ1) is 24.3. The number of halogens is 1. The van der Waals surface area contributed by atoms with Crippen LogP contribution in [0.4, 0.5) is 0 Å². The van der Waals surface area contributed by atoms with Gasteiger partial charge in [0.25, 0.3) is 0 Å². The topological polar surface area (TPSA) is 74.1 Å². The highest BCUT2D eigenvalue weighted by Gasteiger charge is 2.15. The number of thioether (sulfide) groups is 1. The number of rotatable bonds is 11. The molecule has 0 atom stereocenters. The molecule has 0 aliphatic rings. The van der Waals surface area contributed by atoms with Crippen LogP contribution in [0.25, 0.3) is 5.69 Å². The molecule has 176 valence electrons. The van der Waals surface area contributed by atoms with Crippen molar-refractivity contribution in [3.8, 4) is 17.2 Å². The molecule has 0 fully saturated rings. The minimum Gasteiger partial charge on any atom is -0.493 e. The Morgan fingerprint density at radius 1 is 1.03 bits per heavy atom. The summed E-state index contributed by atoms with van der Waals surface area (Å²) >= 11 is 5.28. The fraction of sp³-hybridized carbons (Fsp3) is 0.240. The SMILES string of the molecule is COc1ccc(Br)c(CNCCSc2nnnn2-c2ccccc2)c1OCc1ccc(C)cc1. The number of hydrogen-bond donors (Lipinski definition) is 1. The van der Waals surface area contributed by atoms with Gasteiger partial charge >= 0.3 is 0 Å². The molecule has 34 heavy (non-hydrogen) atoms. The first-order valence-corrected chi connectivity index (χ1v) is 12.6. The van der Waals surface area contributed by atoms with Crippen molar-refractivity contribution in [1.29, 1.82) is 0 Å². The highest BCUT2D eigenvalue weighted by molar-refractivity contribution is 9.10. The van der Waals surface area contributed by atoms with Crippen LogP contribution < -0.4 is 14.8 Å². The molecule has 0 spiro atoms. The minimum absolute atomic E-state index is 0.470. The van der Waals surface area contributed by atoms with Crippen LogP contribution in [0, 0.1) is 6.92 Å². The third kappa shape index (κ3) is 6.16. The second kappa shape index (κ2) is 12.0. The van der Waals surface area contributed by atoms with Crippen molar-refractivity contribution >= 4 is 27.7 Å². The summed E-state index contributed by atoms with van der Waals surface area (Å²) in [6.45, 7) is 3.95. The molecule has 0 saturated carbocycles. The lowest BCUT2D eigenvalue weighted by Crippen LogP contribution is -2.18. The van der Waals surface area contributed by atoms with E-state index < -0.39 is 0 Å². The Kier molecular flexibility index (Phi) is 8.56. The zero-order valence-corrected chi connectivity index (χ0v) is 21.5. The predicted octanol–water partition coefficient (Wildman–Crippen LogP) is 5.20. The number of nitrogens with one attached hydrogen (secondary N) is 1. The van der Waals surface area contributed by atoms with E-state index in [9.17, 15) is 0 Å². The van der Waals surface area contributed by atoms with E-state index in [1.165, 1.54) is 5.56 Å². The molecule has 1 heterocycles. The highest BCUT2D eigenvalue weighted by Crippen LogP contribution is 2.36. The monoisotopic (exact) mass is 539 g/mol. The van der Waals surface area contributed by atoms with Gasteiger partial charge in [0.1, 0.15) is 6.61 Å². The van der Waals surface area contributed by atoms with Crippen LogP contribution in [0.15, 0.2) is 76.4 Å². The number of hydrogen-bond acceptors (Lipinski definition) is 7. The fourth-order valence-corrected chi connectivity index (χ4v) is 4.57. The maximum Gasteiger partial charge on any atom is 0.214 e. The summed E-state index contributed by atoms with van der Waals surface area (Å²) in [5.41, 5.74) is 4.30. The molecule has 3 aromatic carbocycles. The molecular formula is C25H26BrN5O2S. The van der Waals surface area contributed by atoms with Crippen LogP contribution in [0.3, 0.4) is 0 Å². The minimum atomic E-state index is 0.470. The average Bonchev–Trinajstić information content (AvgIpc) is 3.34. The Bertz CT molecular complexity index is 1200. The van der Waals surface area contributed by atoms with Crippen molar-refractivity contribution in [1.82, 2.24) is 25.5 Å². The predicted molar refractivity (Wildman–Crippen MR) is 138 cm³/mol. The smallest absolute Gasteiger partial charge is 0.214 e. The summed E-state index contributed by atoms with van der Waals surface area (Å²) in [6, 6.07) is 22.1. The highest BCUT2D eigenvalue weighted by atomic mass is 79.9. The second-order valence-corrected chi connectivity index (χ2v) is 9.48. The van der Waals surface area contributed by atoms with E-state index in [4.69, 9.17) is 9.47 Å². The maximum absolute atomic E-state index is 6.22. The van der Waals surface area contributed by atoms with Gasteiger partial charge in [0.2, 0.25) is 5.16 Å². The first-order valence-electron chi connectivity index (χ1n) is 10.9. The molecule has 0 unspecified atom stereocenters. The number of benzene rings is 3. The summed E-state index contributed by atoms with van der Waals surface area (Å²) in [6.07, 6.45) is 0. The van der Waals surface area contributed by atoms with Crippen LogP contribution in [0.5, 0.6) is 11.5 Å². The molecular weight excluding hydrogens is 514 g/mol. The van der Waals surface area contributed by atoms with Gasteiger partial charge in [-0.15, -0.1) is 5.10 Å². The number of ether oxygens (including phenoxy) is 2. The summed E-state index contributed by atoms with van der Waals surface area (Å²) in [5.74, 6) is 2.27. The van der Waals surface area contributed by atoms with Crippen LogP contribution in [0.1, 0.15) is 16.7 Å². The molecule has 0 bridgehead atoms. The van der Waals surface area contributed by atoms with Gasteiger partial charge in [-0.2, -0.15) is 4.68 Å². The van der Waals surface area contributed by atoms with Crippen LogP contribution in [-0.4, -0.2) is 39.6 Å². The number of aryl methyl sites for hydroxylation is 1. The van der Waals surface area contributed by atoms with Crippen LogP contribution in [-0.2, 0) is 13.2 Å². The lowest BCUT2D eigenvalue weighted by atomic mass is 10.1. The Morgan fingerprint density at radius 2 is 1.82 bits per heavy atom. The lowest BCUT2D eigenvalue weighted by Gasteiger charge is -2.17. The molecule has 0 aliphatic carbocycles. The van der Waals surface area contributed by atoms with E-state index in [0.717, 1.165) is 44.5 Å². The van der Waals surface area contributed by atoms with E-state index in [1.807, 2.05) is 42.5 Å². The lowest BCUT2D eigenvalue weighted by molar-refractivity contribution is 0.280. The third-order valence-corrected chi connectivity index (χ3v) is 6.81. The van der Waals surface area contributed by atoms with Crippen molar-refractivity contribution in [3.05, 3.63) is 87.9 Å². The average molecular weight is 540 g/mol. The van der Waals surface area contributed by atoms with Gasteiger partial charge in [0, 0.05) is 28.9 Å². The molecule has 0 aliphatic heterocycles. The Hall–Kier alpha value is -2.88. The summed E-state index contributed by atoms with van der Waals surface area (Å²) in [7, 11) is 1.66. The zero-order valence-electron chi connectivity index (χ0n) is 19.1. The van der Waals surface area contributed by atoms with Crippen molar-refractivity contribution in [3.63, 3.8) is 0 Å². The molecule has 4 rings (SSSR count). The van der Waals surface area contributed by atoms with Gasteiger partial charge in [-0.25, -0.2) is 0 Å². The normalized spacial score (nSPS) is 10.9. The Labute approximate surface area is 212 Å². The van der Waals surface area contributed by atoms with Gasteiger partial charge in [-0.05, 0) is 47.2 Å². The number of para-hydroxylation sites is 1. The van der Waals surface area contributed by atoms with E-state index in [-0.39, 0.29) is 0 Å². The molecule has 7 nitrogen and oxygen atoms in total. The molecule has 1 N–H and O–H groups in total. The van der Waals surface area contributed by atoms with Crippen LogP contribution >= 0.6 is 27.7 Å². The molecule has 0 radical (unpaired) electrons. The van der Waals surface area contributed by atoms with Gasteiger partial charge in [0.05, 0.1) is 12.8 Å². The van der Waals surface area contributed by atoms with Crippen molar-refractivity contribution in [2.24, 2.45) is 0 Å². The van der Waals surface area contributed by atoms with E-state index >= 15 is 0 Å². The third-order valence-electron chi connectivity index (χ3n) is 5.14. The standard InChI is InChI=1S/C25H26BrN5O2S/c1-18-8-10-19(11-9-18)17-33-24-21(22(26)12-13-23(24)32-2)16-27-14-15-34-25-28-29-30-31(25)20-6-4-3-5-7-20/h3-13,27H,14-17H2,1-2H3. The summed E-state index contributed by atoms with van der Waals surface area (Å²) in [4.78, 5) is 0. The van der Waals surface area contributed by atoms with Gasteiger partial charge in [-0.3, -0.25) is 0 Å². The number of tetrazole rings is 1. The zero-order chi connectivity index (χ0) is 23.8. The summed E-state index contributed by atoms with van der Waals surface area (Å²) < 4.78 is 14.5. The largest absolute Gasteiger partial charge is 0.493 e. The molecule has 9 heteroatoms. The second-order valence-electron chi connectivity index (χ2n) is 7.57. The molecule has 4 aromatic rings. The number of methoxy groups -OCH3 is 1. The quantitative estimate of drug-likeness (QED) is 0.207. The van der Waals surface area contributed by atoms with E-state index in [0.29, 0.717) is 18.9 Å². The number of aromatic nitrogens is 4. The Balaban J connectivity index is 1.35. The van der Waals surface area contributed by atoms with E-state index in [2.05, 4.69) is 68.0 Å². The molecule has 1 aromatic heterocycles. The fourth-order valence-electron chi connectivity index (χ4n) is 3.33. The van der Waals surface area contributed by atoms with Gasteiger partial charge in [0.15, 0.2) is 11.5 Å². The van der Waals surface area contributed by atoms with Crippen molar-refractivity contribution in [2.75, 3.05) is 19.4 Å². The van der Waals surface area contributed by atoms with Crippen molar-refractivity contribution < 1.29 is 9.47 Å². The van der Waals surface area contributed by atoms with Crippen LogP contribution in [0.2, 0.25) is 0 Å². The van der Waals surface area contributed by atoms with Gasteiger partial charge < -0.3 is 14.8 Å². The Morgan fingerprint density at radius 3 is 2.59 bits per heavy atom. The first-order chi connectivity index (χ1) is 16.7. The summed E-state index contributed by atoms with van der Waals surface area (Å²) in [5, 5.41) is 16.3.